The van der Waals surface area contributed by atoms with Crippen LogP contribution in [0, 0.1) is 5.92 Å². The van der Waals surface area contributed by atoms with E-state index < -0.39 is 0 Å². The number of carbonyl (C=O) groups excluding carboxylic acids is 2. The van der Waals surface area contributed by atoms with E-state index in [0.717, 1.165) is 25.7 Å². The average molecular weight is 433 g/mol. The minimum atomic E-state index is -0.317. The lowest BCUT2D eigenvalue weighted by Gasteiger charge is -2.37. The second-order valence-corrected chi connectivity index (χ2v) is 8.82. The summed E-state index contributed by atoms with van der Waals surface area (Å²) in [6.45, 7) is 4.88. The molecule has 1 fully saturated rings. The minimum absolute atomic E-state index is 0.0811. The number of rotatable bonds is 6. The molecule has 172 valence electrons. The van der Waals surface area contributed by atoms with Crippen molar-refractivity contribution in [3.8, 4) is 5.75 Å². The van der Waals surface area contributed by atoms with E-state index in [2.05, 4.69) is 16.0 Å². The van der Waals surface area contributed by atoms with Crippen molar-refractivity contribution in [2.24, 2.45) is 5.92 Å². The molecule has 1 heterocycles. The van der Waals surface area contributed by atoms with Gasteiger partial charge in [-0.3, -0.25) is 4.79 Å². The van der Waals surface area contributed by atoms with Gasteiger partial charge in [-0.25, -0.2) is 4.79 Å². The number of hydrogen-bond donors (Lipinski definition) is 4. The normalized spacial score (nSPS) is 23.2. The first-order valence-electron chi connectivity index (χ1n) is 11.4. The first kappa shape index (κ1) is 23.3. The topological polar surface area (TPSA) is 103 Å². The Morgan fingerprint density at radius 2 is 2.03 bits per heavy atom. The number of fused-ring (bicyclic) bond motifs is 1. The van der Waals surface area contributed by atoms with Gasteiger partial charge in [-0.1, -0.05) is 26.2 Å². The summed E-state index contributed by atoms with van der Waals surface area (Å²) in [5.74, 6) is 0.366. The van der Waals surface area contributed by atoms with Gasteiger partial charge in [-0.15, -0.1) is 0 Å². The summed E-state index contributed by atoms with van der Waals surface area (Å²) < 4.78 is 6.20. The monoisotopic (exact) mass is 432 g/mol. The Morgan fingerprint density at radius 1 is 1.29 bits per heavy atom. The minimum Gasteiger partial charge on any atom is -0.488 e. The molecule has 2 aliphatic rings. The van der Waals surface area contributed by atoms with E-state index in [0.29, 0.717) is 30.1 Å². The maximum absolute atomic E-state index is 13.3. The summed E-state index contributed by atoms with van der Waals surface area (Å²) in [4.78, 5) is 27.5. The molecule has 8 heteroatoms. The van der Waals surface area contributed by atoms with Crippen LogP contribution in [0.15, 0.2) is 18.2 Å². The molecule has 3 atom stereocenters. The molecule has 0 unspecified atom stereocenters. The lowest BCUT2D eigenvalue weighted by atomic mass is 9.96. The van der Waals surface area contributed by atoms with Gasteiger partial charge >= 0.3 is 6.03 Å². The number of ether oxygens (including phenoxy) is 1. The average Bonchev–Trinajstić information content (AvgIpc) is 2.76. The Bertz CT molecular complexity index is 766. The van der Waals surface area contributed by atoms with Crippen LogP contribution in [0.2, 0.25) is 0 Å². The highest BCUT2D eigenvalue weighted by Gasteiger charge is 2.32. The van der Waals surface area contributed by atoms with Crippen LogP contribution in [0.1, 0.15) is 56.3 Å². The summed E-state index contributed by atoms with van der Waals surface area (Å²) in [6.07, 6.45) is 5.38. The van der Waals surface area contributed by atoms with Gasteiger partial charge in [-0.05, 0) is 45.0 Å². The number of amides is 3. The van der Waals surface area contributed by atoms with Gasteiger partial charge in [0.15, 0.2) is 0 Å². The van der Waals surface area contributed by atoms with Crippen LogP contribution < -0.4 is 20.7 Å². The third kappa shape index (κ3) is 5.89. The smallest absolute Gasteiger partial charge is 0.319 e. The number of urea groups is 1. The fraction of sp³-hybridized carbons (Fsp3) is 0.652. The van der Waals surface area contributed by atoms with Gasteiger partial charge in [0.2, 0.25) is 0 Å². The van der Waals surface area contributed by atoms with Crippen molar-refractivity contribution in [2.45, 2.75) is 64.1 Å². The number of aliphatic hydroxyl groups is 1. The molecule has 1 aromatic rings. The summed E-state index contributed by atoms with van der Waals surface area (Å²) in [5, 5.41) is 18.7. The summed E-state index contributed by atoms with van der Waals surface area (Å²) in [5.41, 5.74) is 0.933. The van der Waals surface area contributed by atoms with Crippen molar-refractivity contribution in [3.05, 3.63) is 23.8 Å². The zero-order valence-corrected chi connectivity index (χ0v) is 18.8. The van der Waals surface area contributed by atoms with Gasteiger partial charge in [0, 0.05) is 30.7 Å². The Hall–Kier alpha value is -2.32. The molecule has 3 rings (SSSR count). The zero-order valence-electron chi connectivity index (χ0n) is 18.8. The first-order chi connectivity index (χ1) is 14.9. The Kier molecular flexibility index (Phi) is 8.15. The number of carbonyl (C=O) groups is 2. The van der Waals surface area contributed by atoms with E-state index >= 15 is 0 Å². The van der Waals surface area contributed by atoms with Gasteiger partial charge in [0.1, 0.15) is 11.9 Å². The molecule has 1 aliphatic carbocycles. The van der Waals surface area contributed by atoms with E-state index in [9.17, 15) is 14.7 Å². The van der Waals surface area contributed by atoms with Crippen molar-refractivity contribution in [3.63, 3.8) is 0 Å². The predicted octanol–water partition coefficient (Wildman–Crippen LogP) is 2.58. The molecular formula is C23H36N4O4. The third-order valence-electron chi connectivity index (χ3n) is 6.27. The van der Waals surface area contributed by atoms with Crippen LogP contribution in [-0.2, 0) is 0 Å². The maximum Gasteiger partial charge on any atom is 0.319 e. The van der Waals surface area contributed by atoms with Crippen molar-refractivity contribution < 1.29 is 19.4 Å². The molecule has 1 aliphatic heterocycles. The number of aliphatic hydroxyl groups excluding tert-OH is 1. The molecule has 4 N–H and O–H groups in total. The number of nitrogens with zero attached hydrogens (tertiary/aromatic N) is 1. The highest BCUT2D eigenvalue weighted by Crippen LogP contribution is 2.30. The molecule has 3 amide bonds. The van der Waals surface area contributed by atoms with Crippen LogP contribution in [0.3, 0.4) is 0 Å². The van der Waals surface area contributed by atoms with E-state index in [1.54, 1.807) is 23.1 Å². The third-order valence-corrected chi connectivity index (χ3v) is 6.27. The summed E-state index contributed by atoms with van der Waals surface area (Å²) in [6, 6.07) is 4.80. The van der Waals surface area contributed by atoms with Crippen molar-refractivity contribution in [1.82, 2.24) is 15.5 Å². The van der Waals surface area contributed by atoms with Crippen molar-refractivity contribution in [2.75, 3.05) is 32.1 Å². The van der Waals surface area contributed by atoms with E-state index in [4.69, 9.17) is 4.74 Å². The van der Waals surface area contributed by atoms with E-state index in [-0.39, 0.29) is 42.7 Å². The fourth-order valence-electron chi connectivity index (χ4n) is 4.34. The molecule has 1 saturated carbocycles. The molecule has 0 saturated heterocycles. The quantitative estimate of drug-likeness (QED) is 0.553. The van der Waals surface area contributed by atoms with E-state index in [1.807, 2.05) is 20.9 Å². The second kappa shape index (κ2) is 10.8. The number of likely N-dealkylation sites (N-methyl/N-ethyl adjacent to an activating group) is 1. The lowest BCUT2D eigenvalue weighted by molar-refractivity contribution is 0.0416. The maximum atomic E-state index is 13.3. The van der Waals surface area contributed by atoms with Crippen LogP contribution in [0.5, 0.6) is 5.75 Å². The first-order valence-corrected chi connectivity index (χ1v) is 11.4. The summed E-state index contributed by atoms with van der Waals surface area (Å²) in [7, 11) is 1.87. The molecule has 8 nitrogen and oxygen atoms in total. The van der Waals surface area contributed by atoms with Crippen LogP contribution in [-0.4, -0.2) is 66.9 Å². The second-order valence-electron chi connectivity index (χ2n) is 8.82. The Labute approximate surface area is 184 Å². The molecule has 31 heavy (non-hydrogen) atoms. The van der Waals surface area contributed by atoms with E-state index in [1.165, 1.54) is 6.42 Å². The number of nitrogens with one attached hydrogen (secondary N) is 3. The highest BCUT2D eigenvalue weighted by atomic mass is 16.5. The van der Waals surface area contributed by atoms with Gasteiger partial charge in [-0.2, -0.15) is 0 Å². The molecule has 0 radical (unpaired) electrons. The largest absolute Gasteiger partial charge is 0.488 e. The number of hydrogen-bond acceptors (Lipinski definition) is 5. The molecule has 1 aromatic carbocycles. The Balaban J connectivity index is 1.82. The van der Waals surface area contributed by atoms with Crippen LogP contribution >= 0.6 is 0 Å². The fourth-order valence-corrected chi connectivity index (χ4v) is 4.34. The van der Waals surface area contributed by atoms with Crippen molar-refractivity contribution >= 4 is 17.6 Å². The summed E-state index contributed by atoms with van der Waals surface area (Å²) >= 11 is 0. The predicted molar refractivity (Wildman–Crippen MR) is 121 cm³/mol. The SMILES string of the molecule is CNC[C@H]1Oc2ccc(NC(=O)NC3CCCCC3)cc2C(=O)N([C@H](C)CO)C[C@H]1C. The van der Waals surface area contributed by atoms with Gasteiger partial charge < -0.3 is 30.7 Å². The van der Waals surface area contributed by atoms with Gasteiger partial charge in [0.25, 0.3) is 5.91 Å². The number of anilines is 1. The molecular weight excluding hydrogens is 396 g/mol. The Morgan fingerprint density at radius 3 is 2.71 bits per heavy atom. The standard InChI is InChI=1S/C23H36N4O4/c1-15-13-27(16(2)14-28)22(29)19-11-18(9-10-20(19)31-21(15)12-24-3)26-23(30)25-17-7-5-4-6-8-17/h9-11,15-17,21,24,28H,4-8,12-14H2,1-3H3,(H2,25,26,30)/t15-,16-,21-/m1/s1. The van der Waals surface area contributed by atoms with Crippen LogP contribution in [0.25, 0.3) is 0 Å². The highest BCUT2D eigenvalue weighted by molar-refractivity contribution is 5.99. The molecule has 0 spiro atoms. The van der Waals surface area contributed by atoms with Crippen molar-refractivity contribution in [1.29, 1.82) is 0 Å². The molecule has 0 aromatic heterocycles. The molecule has 0 bridgehead atoms. The van der Waals surface area contributed by atoms with Crippen LogP contribution in [0.4, 0.5) is 10.5 Å². The number of benzene rings is 1. The van der Waals surface area contributed by atoms with Gasteiger partial charge in [0.05, 0.1) is 18.2 Å². The lowest BCUT2D eigenvalue weighted by Crippen LogP contribution is -2.49. The zero-order chi connectivity index (χ0) is 22.4.